The largest absolute Gasteiger partial charge is 0.328 e. The molecule has 0 fully saturated rings. The maximum absolute atomic E-state index is 12.9. The Morgan fingerprint density at radius 2 is 1.59 bits per heavy atom. The molecule has 10 heteroatoms. The lowest BCUT2D eigenvalue weighted by molar-refractivity contribution is 0.601. The van der Waals surface area contributed by atoms with Crippen molar-refractivity contribution in [2.45, 2.75) is 24.8 Å². The number of nitrogens with one attached hydrogen (secondary N) is 1. The summed E-state index contributed by atoms with van der Waals surface area (Å²) in [4.78, 5) is 24.2. The fourth-order valence-corrected chi connectivity index (χ4v) is 5.58. The van der Waals surface area contributed by atoms with Gasteiger partial charge in [0, 0.05) is 20.1 Å². The quantitative estimate of drug-likeness (QED) is 0.536. The molecule has 0 aliphatic rings. The monoisotopic (exact) mass is 432 g/mol. The number of rotatable bonds is 4. The van der Waals surface area contributed by atoms with Crippen LogP contribution in [0.1, 0.15) is 19.9 Å². The summed E-state index contributed by atoms with van der Waals surface area (Å²) >= 11 is 1.08. The van der Waals surface area contributed by atoms with E-state index >= 15 is 0 Å². The molecule has 2 aromatic heterocycles. The van der Waals surface area contributed by atoms with Crippen molar-refractivity contribution in [3.8, 4) is 0 Å². The normalized spacial score (nSPS) is 12.3. The van der Waals surface area contributed by atoms with Gasteiger partial charge in [-0.2, -0.15) is 0 Å². The molecule has 29 heavy (non-hydrogen) atoms. The van der Waals surface area contributed by atoms with E-state index in [4.69, 9.17) is 0 Å². The molecule has 0 radical (unpaired) electrons. The van der Waals surface area contributed by atoms with E-state index in [0.29, 0.717) is 21.4 Å². The van der Waals surface area contributed by atoms with E-state index in [2.05, 4.69) is 4.72 Å². The van der Waals surface area contributed by atoms with Crippen LogP contribution < -0.4 is 15.3 Å². The third kappa shape index (κ3) is 3.08. The lowest BCUT2D eigenvalue weighted by Gasteiger charge is -2.10. The van der Waals surface area contributed by atoms with E-state index < -0.39 is 10.0 Å². The van der Waals surface area contributed by atoms with Gasteiger partial charge in [-0.15, -0.1) is 0 Å². The molecule has 4 rings (SSSR count). The Kier molecular flexibility index (Phi) is 4.43. The minimum absolute atomic E-state index is 0.0167. The lowest BCUT2D eigenvalue weighted by Crippen LogP contribution is -2.19. The summed E-state index contributed by atoms with van der Waals surface area (Å²) in [5.41, 5.74) is 2.11. The van der Waals surface area contributed by atoms with E-state index in [9.17, 15) is 18.0 Å². The summed E-state index contributed by atoms with van der Waals surface area (Å²) in [6, 6.07) is 9.62. The zero-order chi connectivity index (χ0) is 21.1. The Morgan fingerprint density at radius 1 is 0.931 bits per heavy atom. The van der Waals surface area contributed by atoms with Crippen LogP contribution in [-0.4, -0.2) is 22.1 Å². The van der Waals surface area contributed by atoms with Gasteiger partial charge in [-0.3, -0.25) is 23.2 Å². The van der Waals surface area contributed by atoms with Crippen molar-refractivity contribution < 1.29 is 8.42 Å². The first-order chi connectivity index (χ1) is 13.6. The van der Waals surface area contributed by atoms with E-state index in [-0.39, 0.29) is 21.5 Å². The number of imidazole rings is 1. The van der Waals surface area contributed by atoms with Crippen molar-refractivity contribution in [1.29, 1.82) is 0 Å². The minimum atomic E-state index is -3.87. The van der Waals surface area contributed by atoms with Gasteiger partial charge >= 0.3 is 10.6 Å². The minimum Gasteiger partial charge on any atom is -0.296 e. The number of sulfonamides is 1. The molecule has 1 N–H and O–H groups in total. The molecule has 0 unspecified atom stereocenters. The molecular formula is C19H20N4O4S2. The highest BCUT2D eigenvalue weighted by Crippen LogP contribution is 2.26. The van der Waals surface area contributed by atoms with Crippen molar-refractivity contribution in [1.82, 2.24) is 13.7 Å². The van der Waals surface area contributed by atoms with Crippen molar-refractivity contribution in [3.05, 3.63) is 56.5 Å². The van der Waals surface area contributed by atoms with Crippen molar-refractivity contribution >= 4 is 48.3 Å². The average molecular weight is 433 g/mol. The van der Waals surface area contributed by atoms with E-state index in [1.54, 1.807) is 42.9 Å². The number of hydrogen-bond donors (Lipinski definition) is 1. The second-order valence-corrected chi connectivity index (χ2v) is 9.85. The first-order valence-electron chi connectivity index (χ1n) is 8.93. The molecule has 152 valence electrons. The zero-order valence-corrected chi connectivity index (χ0v) is 18.0. The van der Waals surface area contributed by atoms with Crippen LogP contribution in [0.4, 0.5) is 5.69 Å². The number of nitrogens with zero attached hydrogens (tertiary/aromatic N) is 3. The number of benzene rings is 2. The number of hydrogen-bond acceptors (Lipinski definition) is 5. The molecule has 2 heterocycles. The number of aromatic nitrogens is 3. The van der Waals surface area contributed by atoms with Gasteiger partial charge in [0.15, 0.2) is 0 Å². The third-order valence-corrected chi connectivity index (χ3v) is 7.23. The number of thiazole rings is 1. The van der Waals surface area contributed by atoms with Crippen molar-refractivity contribution in [3.63, 3.8) is 0 Å². The predicted molar refractivity (Wildman–Crippen MR) is 115 cm³/mol. The molecule has 2 aromatic carbocycles. The Morgan fingerprint density at radius 3 is 2.28 bits per heavy atom. The number of anilines is 1. The molecular weight excluding hydrogens is 412 g/mol. The molecule has 0 bridgehead atoms. The molecule has 8 nitrogen and oxygen atoms in total. The summed E-state index contributed by atoms with van der Waals surface area (Å²) in [6.07, 6.45) is 0. The zero-order valence-electron chi connectivity index (χ0n) is 16.3. The molecule has 4 aromatic rings. The van der Waals surface area contributed by atoms with Crippen LogP contribution >= 0.6 is 11.3 Å². The summed E-state index contributed by atoms with van der Waals surface area (Å²) < 4.78 is 33.6. The molecule has 0 amide bonds. The highest BCUT2D eigenvalue weighted by atomic mass is 32.2. The van der Waals surface area contributed by atoms with Crippen LogP contribution in [0, 0.1) is 0 Å². The van der Waals surface area contributed by atoms with Gasteiger partial charge < -0.3 is 0 Å². The van der Waals surface area contributed by atoms with Crippen LogP contribution in [0.3, 0.4) is 0 Å². The van der Waals surface area contributed by atoms with E-state index in [1.165, 1.54) is 21.3 Å². The third-order valence-electron chi connectivity index (χ3n) is 4.94. The fraction of sp³-hybridized carbons (Fsp3) is 0.263. The Hall–Kier alpha value is -2.85. The summed E-state index contributed by atoms with van der Waals surface area (Å²) in [6.45, 7) is 3.86. The molecule has 0 aliphatic heterocycles. The van der Waals surface area contributed by atoms with Crippen molar-refractivity contribution in [2.75, 3.05) is 4.72 Å². The van der Waals surface area contributed by atoms with Gasteiger partial charge in [0.25, 0.3) is 10.0 Å². The standard InChI is InChI=1S/C19H20N4O4S2/c1-11(2)23-15-7-5-12(9-17(15)28-19(23)25)20-29(26,27)13-6-8-14-16(10-13)22(4)18(24)21(14)3/h5-11,20H,1-4H3. The molecule has 0 spiro atoms. The second kappa shape index (κ2) is 6.60. The highest BCUT2D eigenvalue weighted by molar-refractivity contribution is 7.92. The maximum atomic E-state index is 12.9. The Labute approximate surface area is 170 Å². The topological polar surface area (TPSA) is 95.1 Å². The van der Waals surface area contributed by atoms with Crippen LogP contribution in [0.2, 0.25) is 0 Å². The summed E-state index contributed by atoms with van der Waals surface area (Å²) in [7, 11) is -0.628. The molecule has 0 saturated heterocycles. The van der Waals surface area contributed by atoms with E-state index in [0.717, 1.165) is 16.9 Å². The van der Waals surface area contributed by atoms with Gasteiger partial charge in [-0.1, -0.05) is 11.3 Å². The van der Waals surface area contributed by atoms with Gasteiger partial charge in [-0.25, -0.2) is 13.2 Å². The Bertz CT molecular complexity index is 1490. The van der Waals surface area contributed by atoms with Crippen LogP contribution in [0.25, 0.3) is 21.3 Å². The first kappa shape index (κ1) is 19.5. The van der Waals surface area contributed by atoms with Crippen molar-refractivity contribution in [2.24, 2.45) is 14.1 Å². The van der Waals surface area contributed by atoms with Gasteiger partial charge in [0.1, 0.15) is 0 Å². The fourth-order valence-electron chi connectivity index (χ4n) is 3.46. The molecule has 0 aliphatic carbocycles. The van der Waals surface area contributed by atoms with Crippen LogP contribution in [-0.2, 0) is 24.1 Å². The average Bonchev–Trinajstić information content (AvgIpc) is 3.10. The smallest absolute Gasteiger partial charge is 0.296 e. The molecule has 0 atom stereocenters. The van der Waals surface area contributed by atoms with Crippen LogP contribution in [0.5, 0.6) is 0 Å². The van der Waals surface area contributed by atoms with Gasteiger partial charge in [-0.05, 0) is 50.2 Å². The molecule has 0 saturated carbocycles. The first-order valence-corrected chi connectivity index (χ1v) is 11.2. The number of fused-ring (bicyclic) bond motifs is 2. The predicted octanol–water partition coefficient (Wildman–Crippen LogP) is 2.64. The second-order valence-electron chi connectivity index (χ2n) is 7.17. The number of aryl methyl sites for hydroxylation is 2. The van der Waals surface area contributed by atoms with E-state index in [1.807, 2.05) is 13.8 Å². The van der Waals surface area contributed by atoms with Gasteiger partial charge in [0.05, 0.1) is 31.8 Å². The SMILES string of the molecule is CC(C)n1c(=O)sc2cc(NS(=O)(=O)c3ccc4c(c3)n(C)c(=O)n4C)ccc21. The maximum Gasteiger partial charge on any atom is 0.328 e. The lowest BCUT2D eigenvalue weighted by atomic mass is 10.3. The van der Waals surface area contributed by atoms with Crippen LogP contribution in [0.15, 0.2) is 50.9 Å². The van der Waals surface area contributed by atoms with Gasteiger partial charge in [0.2, 0.25) is 0 Å². The highest BCUT2D eigenvalue weighted by Gasteiger charge is 2.18. The Balaban J connectivity index is 1.75. The summed E-state index contributed by atoms with van der Waals surface area (Å²) in [5.74, 6) is 0. The summed E-state index contributed by atoms with van der Waals surface area (Å²) in [5, 5.41) is 0.